The molecule has 0 spiro atoms. The molecule has 2 aromatic carbocycles. The van der Waals surface area contributed by atoms with Crippen molar-refractivity contribution in [2.24, 2.45) is 0 Å². The van der Waals surface area contributed by atoms with Crippen LogP contribution in [0.25, 0.3) is 0 Å². The molecule has 7 heteroatoms. The maximum atomic E-state index is 13.5. The molecule has 0 aromatic heterocycles. The Morgan fingerprint density at radius 1 is 0.955 bits per heavy atom. The Balaban J connectivity index is 2.19. The van der Waals surface area contributed by atoms with Gasteiger partial charge in [-0.05, 0) is 36.4 Å². The van der Waals surface area contributed by atoms with E-state index in [4.69, 9.17) is 0 Å². The van der Waals surface area contributed by atoms with Gasteiger partial charge in [-0.1, -0.05) is 0 Å². The largest absolute Gasteiger partial charge is 0.465 e. The van der Waals surface area contributed by atoms with E-state index in [1.165, 1.54) is 31.4 Å². The summed E-state index contributed by atoms with van der Waals surface area (Å²) in [6.07, 6.45) is 0. The van der Waals surface area contributed by atoms with Gasteiger partial charge in [0.15, 0.2) is 17.5 Å². The minimum absolute atomic E-state index is 0.252. The summed E-state index contributed by atoms with van der Waals surface area (Å²) in [5.74, 6) is -6.15. The molecule has 0 bridgehead atoms. The van der Waals surface area contributed by atoms with Gasteiger partial charge in [0.05, 0.1) is 18.2 Å². The van der Waals surface area contributed by atoms with Crippen LogP contribution >= 0.6 is 0 Å². The Hall–Kier alpha value is -2.83. The summed E-state index contributed by atoms with van der Waals surface area (Å²) in [5.41, 5.74) is -0.114. The van der Waals surface area contributed by atoms with Gasteiger partial charge in [0.1, 0.15) is 0 Å². The smallest absolute Gasteiger partial charge is 0.337 e. The molecule has 2 rings (SSSR count). The molecule has 0 aliphatic carbocycles. The first kappa shape index (κ1) is 15.6. The molecule has 1 N–H and O–H groups in total. The van der Waals surface area contributed by atoms with Gasteiger partial charge in [0.2, 0.25) is 0 Å². The van der Waals surface area contributed by atoms with Gasteiger partial charge >= 0.3 is 5.97 Å². The Kier molecular flexibility index (Phi) is 4.45. The first-order valence-electron chi connectivity index (χ1n) is 6.07. The third kappa shape index (κ3) is 3.08. The number of ether oxygens (including phenoxy) is 1. The predicted octanol–water partition coefficient (Wildman–Crippen LogP) is 3.14. The van der Waals surface area contributed by atoms with Crippen LogP contribution in [-0.2, 0) is 4.74 Å². The van der Waals surface area contributed by atoms with E-state index >= 15 is 0 Å². The number of methoxy groups -OCH3 is 1. The predicted molar refractivity (Wildman–Crippen MR) is 72.1 cm³/mol. The van der Waals surface area contributed by atoms with Crippen LogP contribution in [0, 0.1) is 17.5 Å². The Bertz CT molecular complexity index is 730. The van der Waals surface area contributed by atoms with Crippen LogP contribution in [0.15, 0.2) is 36.4 Å². The van der Waals surface area contributed by atoms with Crippen molar-refractivity contribution in [1.82, 2.24) is 0 Å². The number of carbonyl (C=O) groups is 2. The number of hydrogen-bond acceptors (Lipinski definition) is 3. The van der Waals surface area contributed by atoms with E-state index in [1.54, 1.807) is 0 Å². The zero-order chi connectivity index (χ0) is 16.3. The number of carbonyl (C=O) groups excluding carboxylic acids is 2. The molecule has 0 heterocycles. The molecule has 0 atom stereocenters. The van der Waals surface area contributed by atoms with Gasteiger partial charge in [0.25, 0.3) is 5.91 Å². The number of benzene rings is 2. The van der Waals surface area contributed by atoms with Gasteiger partial charge in [-0.3, -0.25) is 4.79 Å². The van der Waals surface area contributed by atoms with Crippen molar-refractivity contribution in [2.75, 3.05) is 12.4 Å². The van der Waals surface area contributed by atoms with Gasteiger partial charge in [0, 0.05) is 5.69 Å². The van der Waals surface area contributed by atoms with Gasteiger partial charge in [-0.15, -0.1) is 0 Å². The number of halogens is 3. The van der Waals surface area contributed by atoms with Crippen LogP contribution in [-0.4, -0.2) is 19.0 Å². The van der Waals surface area contributed by atoms with Crippen molar-refractivity contribution in [3.63, 3.8) is 0 Å². The summed E-state index contributed by atoms with van der Waals surface area (Å²) in [6, 6.07) is 7.07. The van der Waals surface area contributed by atoms with Crippen LogP contribution in [0.3, 0.4) is 0 Å². The number of hydrogen-bond donors (Lipinski definition) is 1. The van der Waals surface area contributed by atoms with E-state index in [1.807, 2.05) is 0 Å². The van der Waals surface area contributed by atoms with E-state index in [0.29, 0.717) is 6.07 Å². The van der Waals surface area contributed by atoms with Crippen molar-refractivity contribution in [3.8, 4) is 0 Å². The van der Waals surface area contributed by atoms with Crippen LogP contribution in [0.5, 0.6) is 0 Å². The summed E-state index contributed by atoms with van der Waals surface area (Å²) in [4.78, 5) is 23.1. The monoisotopic (exact) mass is 309 g/mol. The Morgan fingerprint density at radius 2 is 1.59 bits per heavy atom. The molecule has 2 aromatic rings. The third-order valence-corrected chi connectivity index (χ3v) is 2.84. The fourth-order valence-electron chi connectivity index (χ4n) is 1.71. The second-order valence-corrected chi connectivity index (χ2v) is 4.25. The zero-order valence-electron chi connectivity index (χ0n) is 11.3. The molecule has 0 aliphatic heterocycles. The molecule has 0 unspecified atom stereocenters. The lowest BCUT2D eigenvalue weighted by atomic mass is 10.1. The van der Waals surface area contributed by atoms with Crippen LogP contribution in [0.1, 0.15) is 20.7 Å². The fourth-order valence-corrected chi connectivity index (χ4v) is 1.71. The lowest BCUT2D eigenvalue weighted by Crippen LogP contribution is -2.15. The second kappa shape index (κ2) is 6.30. The fraction of sp³-hybridized carbons (Fsp3) is 0.0667. The molecule has 0 saturated carbocycles. The molecule has 0 saturated heterocycles. The van der Waals surface area contributed by atoms with Crippen molar-refractivity contribution >= 4 is 17.6 Å². The summed E-state index contributed by atoms with van der Waals surface area (Å²) in [6.45, 7) is 0. The highest BCUT2D eigenvalue weighted by atomic mass is 19.2. The van der Waals surface area contributed by atoms with Gasteiger partial charge < -0.3 is 10.1 Å². The maximum absolute atomic E-state index is 13.5. The standard InChI is InChI=1S/C15H10F3NO3/c1-22-15(21)8-2-4-9(5-3-8)19-14(20)10-6-7-11(16)13(18)12(10)17/h2-7H,1H3,(H,19,20). The topological polar surface area (TPSA) is 55.4 Å². The van der Waals surface area contributed by atoms with Crippen molar-refractivity contribution in [1.29, 1.82) is 0 Å². The minimum atomic E-state index is -1.71. The zero-order valence-corrected chi connectivity index (χ0v) is 11.3. The molecular formula is C15H10F3NO3. The summed E-state index contributed by atoms with van der Waals surface area (Å²) < 4.78 is 43.9. The SMILES string of the molecule is COC(=O)c1ccc(NC(=O)c2ccc(F)c(F)c2F)cc1. The highest BCUT2D eigenvalue weighted by Gasteiger charge is 2.18. The Labute approximate surface area is 123 Å². The molecule has 1 amide bonds. The first-order chi connectivity index (χ1) is 10.4. The van der Waals surface area contributed by atoms with Crippen LogP contribution in [0.2, 0.25) is 0 Å². The van der Waals surface area contributed by atoms with Crippen LogP contribution in [0.4, 0.5) is 18.9 Å². The molecule has 4 nitrogen and oxygen atoms in total. The second-order valence-electron chi connectivity index (χ2n) is 4.25. The maximum Gasteiger partial charge on any atom is 0.337 e. The number of nitrogens with one attached hydrogen (secondary N) is 1. The highest BCUT2D eigenvalue weighted by molar-refractivity contribution is 6.04. The Morgan fingerprint density at radius 3 is 2.18 bits per heavy atom. The number of anilines is 1. The summed E-state index contributed by atoms with van der Waals surface area (Å²) in [5, 5.41) is 2.31. The quantitative estimate of drug-likeness (QED) is 0.700. The van der Waals surface area contributed by atoms with E-state index in [0.717, 1.165) is 6.07 Å². The molecule has 0 fully saturated rings. The van der Waals surface area contributed by atoms with Crippen molar-refractivity contribution in [2.45, 2.75) is 0 Å². The molecule has 114 valence electrons. The molecule has 22 heavy (non-hydrogen) atoms. The molecule has 0 radical (unpaired) electrons. The van der Waals surface area contributed by atoms with Crippen molar-refractivity contribution < 1.29 is 27.5 Å². The normalized spacial score (nSPS) is 10.2. The van der Waals surface area contributed by atoms with E-state index in [-0.39, 0.29) is 11.3 Å². The molecular weight excluding hydrogens is 299 g/mol. The number of rotatable bonds is 3. The van der Waals surface area contributed by atoms with Gasteiger partial charge in [-0.2, -0.15) is 0 Å². The highest BCUT2D eigenvalue weighted by Crippen LogP contribution is 2.17. The van der Waals surface area contributed by atoms with E-state index in [2.05, 4.69) is 10.1 Å². The number of esters is 1. The van der Waals surface area contributed by atoms with E-state index in [9.17, 15) is 22.8 Å². The third-order valence-electron chi connectivity index (χ3n) is 2.84. The lowest BCUT2D eigenvalue weighted by molar-refractivity contribution is 0.0600. The summed E-state index contributed by atoms with van der Waals surface area (Å²) >= 11 is 0. The van der Waals surface area contributed by atoms with Gasteiger partial charge in [-0.25, -0.2) is 18.0 Å². The minimum Gasteiger partial charge on any atom is -0.465 e. The summed E-state index contributed by atoms with van der Waals surface area (Å²) in [7, 11) is 1.23. The average molecular weight is 309 g/mol. The lowest BCUT2D eigenvalue weighted by Gasteiger charge is -2.07. The molecule has 0 aliphatic rings. The number of amides is 1. The average Bonchev–Trinajstić information content (AvgIpc) is 2.52. The van der Waals surface area contributed by atoms with E-state index < -0.39 is 34.9 Å². The van der Waals surface area contributed by atoms with Crippen LogP contribution < -0.4 is 5.32 Å². The first-order valence-corrected chi connectivity index (χ1v) is 6.07. The van der Waals surface area contributed by atoms with Crippen molar-refractivity contribution in [3.05, 3.63) is 65.0 Å².